The number of imidazole rings is 1. The lowest BCUT2D eigenvalue weighted by Crippen LogP contribution is -1.94. The SMILES string of the molecule is Cc1nc2nccc(Cl)n2c1C=O. The van der Waals surface area contributed by atoms with E-state index in [2.05, 4.69) is 9.97 Å². The monoisotopic (exact) mass is 195 g/mol. The van der Waals surface area contributed by atoms with Crippen molar-refractivity contribution in [3.8, 4) is 0 Å². The van der Waals surface area contributed by atoms with Crippen molar-refractivity contribution in [2.24, 2.45) is 0 Å². The number of fused-ring (bicyclic) bond motifs is 1. The van der Waals surface area contributed by atoms with Crippen LogP contribution in [0.2, 0.25) is 5.15 Å². The van der Waals surface area contributed by atoms with E-state index in [1.165, 1.54) is 4.40 Å². The summed E-state index contributed by atoms with van der Waals surface area (Å²) in [4.78, 5) is 18.8. The number of aryl methyl sites for hydroxylation is 1. The first-order valence-electron chi connectivity index (χ1n) is 3.69. The smallest absolute Gasteiger partial charge is 0.235 e. The fourth-order valence-corrected chi connectivity index (χ4v) is 1.42. The number of carbonyl (C=O) groups is 1. The van der Waals surface area contributed by atoms with Gasteiger partial charge in [0.15, 0.2) is 6.29 Å². The third-order valence-corrected chi connectivity index (χ3v) is 2.10. The van der Waals surface area contributed by atoms with Crippen LogP contribution in [-0.2, 0) is 0 Å². The molecule has 0 bridgehead atoms. The predicted molar refractivity (Wildman–Crippen MR) is 48.1 cm³/mol. The molecule has 0 aliphatic rings. The highest BCUT2D eigenvalue weighted by Crippen LogP contribution is 2.14. The molecule has 5 heteroatoms. The summed E-state index contributed by atoms with van der Waals surface area (Å²) in [5, 5.41) is 0.438. The van der Waals surface area contributed by atoms with Crippen LogP contribution < -0.4 is 0 Å². The lowest BCUT2D eigenvalue weighted by atomic mass is 10.4. The van der Waals surface area contributed by atoms with Gasteiger partial charge >= 0.3 is 0 Å². The molecule has 0 amide bonds. The average Bonchev–Trinajstić information content (AvgIpc) is 2.42. The van der Waals surface area contributed by atoms with Gasteiger partial charge in [0.2, 0.25) is 5.78 Å². The lowest BCUT2D eigenvalue weighted by Gasteiger charge is -1.96. The third-order valence-electron chi connectivity index (χ3n) is 1.81. The van der Waals surface area contributed by atoms with Gasteiger partial charge < -0.3 is 0 Å². The molecule has 0 atom stereocenters. The van der Waals surface area contributed by atoms with Gasteiger partial charge in [-0.15, -0.1) is 0 Å². The molecule has 13 heavy (non-hydrogen) atoms. The second-order valence-corrected chi connectivity index (χ2v) is 2.99. The largest absolute Gasteiger partial charge is 0.296 e. The highest BCUT2D eigenvalue weighted by molar-refractivity contribution is 6.29. The molecule has 0 fully saturated rings. The van der Waals surface area contributed by atoms with Crippen molar-refractivity contribution in [3.05, 3.63) is 28.8 Å². The first-order valence-corrected chi connectivity index (χ1v) is 4.06. The van der Waals surface area contributed by atoms with Crippen LogP contribution in [0.25, 0.3) is 5.78 Å². The van der Waals surface area contributed by atoms with Gasteiger partial charge in [0.1, 0.15) is 10.8 Å². The molecule has 2 heterocycles. The number of nitrogens with zero attached hydrogens (tertiary/aromatic N) is 3. The van der Waals surface area contributed by atoms with Crippen molar-refractivity contribution in [2.75, 3.05) is 0 Å². The molecular weight excluding hydrogens is 190 g/mol. The van der Waals surface area contributed by atoms with E-state index in [1.807, 2.05) is 0 Å². The molecule has 2 aromatic rings. The van der Waals surface area contributed by atoms with Crippen LogP contribution in [0.15, 0.2) is 12.3 Å². The van der Waals surface area contributed by atoms with Crippen molar-refractivity contribution in [2.45, 2.75) is 6.92 Å². The normalized spacial score (nSPS) is 10.6. The van der Waals surface area contributed by atoms with Gasteiger partial charge in [-0.25, -0.2) is 9.97 Å². The van der Waals surface area contributed by atoms with Crippen LogP contribution in [0.3, 0.4) is 0 Å². The summed E-state index contributed by atoms with van der Waals surface area (Å²) < 4.78 is 1.52. The summed E-state index contributed by atoms with van der Waals surface area (Å²) in [5.74, 6) is 0.451. The fraction of sp³-hybridized carbons (Fsp3) is 0.125. The Morgan fingerprint density at radius 1 is 1.62 bits per heavy atom. The third kappa shape index (κ3) is 1.10. The zero-order chi connectivity index (χ0) is 9.42. The summed E-state index contributed by atoms with van der Waals surface area (Å²) >= 11 is 5.88. The Morgan fingerprint density at radius 2 is 2.38 bits per heavy atom. The van der Waals surface area contributed by atoms with Crippen molar-refractivity contribution in [1.82, 2.24) is 14.4 Å². The summed E-state index contributed by atoms with van der Waals surface area (Å²) in [7, 11) is 0. The van der Waals surface area contributed by atoms with Crippen molar-refractivity contribution in [3.63, 3.8) is 0 Å². The van der Waals surface area contributed by atoms with Crippen molar-refractivity contribution in [1.29, 1.82) is 0 Å². The Kier molecular flexibility index (Phi) is 1.77. The number of aldehydes is 1. The molecular formula is C8H6ClN3O. The van der Waals surface area contributed by atoms with E-state index in [0.717, 1.165) is 6.29 Å². The summed E-state index contributed by atoms with van der Waals surface area (Å²) in [6.45, 7) is 1.74. The molecule has 0 aliphatic heterocycles. The fourth-order valence-electron chi connectivity index (χ4n) is 1.20. The minimum atomic E-state index is 0.438. The number of hydrogen-bond acceptors (Lipinski definition) is 3. The molecule has 0 aromatic carbocycles. The number of carbonyl (C=O) groups excluding carboxylic acids is 1. The molecule has 2 rings (SSSR count). The lowest BCUT2D eigenvalue weighted by molar-refractivity contribution is 0.111. The number of rotatable bonds is 1. The van der Waals surface area contributed by atoms with Gasteiger partial charge in [-0.05, 0) is 13.0 Å². The standard InChI is InChI=1S/C8H6ClN3O/c1-5-6(4-13)12-7(9)2-3-10-8(12)11-5/h2-4H,1H3. The topological polar surface area (TPSA) is 47.3 Å². The Bertz CT molecular complexity index is 477. The van der Waals surface area contributed by atoms with Gasteiger partial charge in [0, 0.05) is 6.20 Å². The van der Waals surface area contributed by atoms with E-state index in [0.29, 0.717) is 22.3 Å². The zero-order valence-corrected chi connectivity index (χ0v) is 7.62. The van der Waals surface area contributed by atoms with E-state index in [1.54, 1.807) is 19.2 Å². The molecule has 4 nitrogen and oxygen atoms in total. The Morgan fingerprint density at radius 3 is 3.08 bits per heavy atom. The van der Waals surface area contributed by atoms with Crippen LogP contribution in [-0.4, -0.2) is 20.7 Å². The van der Waals surface area contributed by atoms with Crippen molar-refractivity contribution < 1.29 is 4.79 Å². The van der Waals surface area contributed by atoms with Gasteiger partial charge in [0.05, 0.1) is 5.69 Å². The quantitative estimate of drug-likeness (QED) is 0.512. The first kappa shape index (κ1) is 8.19. The Labute approximate surface area is 79.2 Å². The van der Waals surface area contributed by atoms with Crippen LogP contribution in [0.5, 0.6) is 0 Å². The molecule has 0 unspecified atom stereocenters. The van der Waals surface area contributed by atoms with Crippen LogP contribution in [0.4, 0.5) is 0 Å². The number of hydrogen-bond donors (Lipinski definition) is 0. The highest BCUT2D eigenvalue weighted by Gasteiger charge is 2.10. The second kappa shape index (κ2) is 2.81. The number of halogens is 1. The van der Waals surface area contributed by atoms with Crippen LogP contribution in [0, 0.1) is 6.92 Å². The molecule has 0 spiro atoms. The Balaban J connectivity index is 2.96. The summed E-state index contributed by atoms with van der Waals surface area (Å²) in [6.07, 6.45) is 2.28. The van der Waals surface area contributed by atoms with Gasteiger partial charge in [0.25, 0.3) is 0 Å². The van der Waals surface area contributed by atoms with E-state index < -0.39 is 0 Å². The molecule has 2 aromatic heterocycles. The van der Waals surface area contributed by atoms with Gasteiger partial charge in [-0.1, -0.05) is 11.6 Å². The predicted octanol–water partition coefficient (Wildman–Crippen LogP) is 1.50. The molecule has 66 valence electrons. The second-order valence-electron chi connectivity index (χ2n) is 2.60. The minimum absolute atomic E-state index is 0.438. The molecule has 0 radical (unpaired) electrons. The summed E-state index contributed by atoms with van der Waals surface area (Å²) in [5.41, 5.74) is 1.09. The van der Waals surface area contributed by atoms with Crippen molar-refractivity contribution >= 4 is 23.7 Å². The summed E-state index contributed by atoms with van der Waals surface area (Å²) in [6, 6.07) is 1.61. The maximum absolute atomic E-state index is 10.7. The molecule has 0 N–H and O–H groups in total. The van der Waals surface area contributed by atoms with E-state index in [-0.39, 0.29) is 0 Å². The maximum Gasteiger partial charge on any atom is 0.235 e. The van der Waals surface area contributed by atoms with Crippen LogP contribution in [0.1, 0.15) is 16.2 Å². The zero-order valence-electron chi connectivity index (χ0n) is 6.86. The van der Waals surface area contributed by atoms with Gasteiger partial charge in [-0.3, -0.25) is 9.20 Å². The Hall–Kier alpha value is -1.42. The average molecular weight is 196 g/mol. The molecule has 0 saturated heterocycles. The van der Waals surface area contributed by atoms with E-state index in [9.17, 15) is 4.79 Å². The highest BCUT2D eigenvalue weighted by atomic mass is 35.5. The molecule has 0 saturated carbocycles. The van der Waals surface area contributed by atoms with E-state index >= 15 is 0 Å². The molecule has 0 aliphatic carbocycles. The maximum atomic E-state index is 10.7. The van der Waals surface area contributed by atoms with E-state index in [4.69, 9.17) is 11.6 Å². The van der Waals surface area contributed by atoms with Crippen LogP contribution >= 0.6 is 11.6 Å². The number of aromatic nitrogens is 3. The minimum Gasteiger partial charge on any atom is -0.296 e. The first-order chi connectivity index (χ1) is 6.24. The van der Waals surface area contributed by atoms with Gasteiger partial charge in [-0.2, -0.15) is 0 Å².